The molecule has 0 aliphatic rings. The molecule has 0 rings (SSSR count). The number of rotatable bonds is 10. The molecule has 1 N–H and O–H groups in total. The molecule has 0 fully saturated rings. The van der Waals surface area contributed by atoms with E-state index in [1.54, 1.807) is 20.8 Å². The largest absolute Gasteiger partial charge is 0.616 e. The van der Waals surface area contributed by atoms with Crippen molar-refractivity contribution in [3.8, 4) is 0 Å². The number of hydrogen-bond donors (Lipinski definition) is 1. The number of ketones is 1. The van der Waals surface area contributed by atoms with Crippen LogP contribution in [0.2, 0.25) is 0 Å². The summed E-state index contributed by atoms with van der Waals surface area (Å²) in [6.45, 7) is 5.04. The van der Waals surface area contributed by atoms with Crippen molar-refractivity contribution in [2.45, 2.75) is 57.4 Å². The Kier molecular flexibility index (Phi) is 10.1. The number of Topliss-reactive ketones (excluding diaryl/α,β-unsaturated/α-hetero) is 1. The summed E-state index contributed by atoms with van der Waals surface area (Å²) in [7, 11) is 0. The van der Waals surface area contributed by atoms with Crippen LogP contribution in [0.5, 0.6) is 0 Å². The van der Waals surface area contributed by atoms with Crippen LogP contribution in [0.25, 0.3) is 5.53 Å². The van der Waals surface area contributed by atoms with Crippen LogP contribution in [-0.4, -0.2) is 56.9 Å². The first-order valence-electron chi connectivity index (χ1n) is 7.26. The SMILES string of the molecule is CC[C@@H](C(=O)N[C@@H](CCC(=O)C=[N+]=[N-])C(=O)OC(C)C)[S+](C)[O-]. The van der Waals surface area contributed by atoms with Gasteiger partial charge >= 0.3 is 12.2 Å². The smallest absolute Gasteiger partial charge is 0.328 e. The first-order chi connectivity index (χ1) is 10.7. The summed E-state index contributed by atoms with van der Waals surface area (Å²) in [6.07, 6.45) is 2.01. The van der Waals surface area contributed by atoms with E-state index < -0.39 is 40.1 Å². The van der Waals surface area contributed by atoms with Crippen molar-refractivity contribution < 1.29 is 28.5 Å². The summed E-state index contributed by atoms with van der Waals surface area (Å²) < 4.78 is 16.6. The molecule has 1 unspecified atom stereocenters. The van der Waals surface area contributed by atoms with Crippen molar-refractivity contribution in [3.05, 3.63) is 5.53 Å². The number of carbonyl (C=O) groups is 3. The fraction of sp³-hybridized carbons (Fsp3) is 0.714. The molecule has 23 heavy (non-hydrogen) atoms. The lowest BCUT2D eigenvalue weighted by molar-refractivity contribution is -0.151. The maximum atomic E-state index is 12.1. The highest BCUT2D eigenvalue weighted by molar-refractivity contribution is 7.92. The maximum Gasteiger partial charge on any atom is 0.328 e. The van der Waals surface area contributed by atoms with Gasteiger partial charge in [-0.05, 0) is 31.4 Å². The maximum absolute atomic E-state index is 12.1. The Labute approximate surface area is 138 Å². The zero-order valence-corrected chi connectivity index (χ0v) is 14.6. The molecule has 0 saturated heterocycles. The van der Waals surface area contributed by atoms with Crippen molar-refractivity contribution in [1.82, 2.24) is 5.32 Å². The summed E-state index contributed by atoms with van der Waals surface area (Å²) >= 11 is -1.37. The number of amides is 1. The highest BCUT2D eigenvalue weighted by atomic mass is 32.2. The molecule has 0 aliphatic heterocycles. The molecule has 0 radical (unpaired) electrons. The molecule has 0 saturated carbocycles. The van der Waals surface area contributed by atoms with Gasteiger partial charge in [0.15, 0.2) is 5.25 Å². The quantitative estimate of drug-likeness (QED) is 0.199. The second-order valence-electron chi connectivity index (χ2n) is 5.19. The van der Waals surface area contributed by atoms with Gasteiger partial charge in [0.25, 0.3) is 5.91 Å². The van der Waals surface area contributed by atoms with Gasteiger partial charge < -0.3 is 20.1 Å². The van der Waals surface area contributed by atoms with E-state index in [0.29, 0.717) is 6.42 Å². The van der Waals surface area contributed by atoms with Crippen molar-refractivity contribution in [1.29, 1.82) is 0 Å². The Balaban J connectivity index is 4.96. The van der Waals surface area contributed by atoms with Crippen LogP contribution < -0.4 is 5.32 Å². The van der Waals surface area contributed by atoms with E-state index in [0.717, 1.165) is 6.21 Å². The second-order valence-corrected chi connectivity index (χ2v) is 6.76. The van der Waals surface area contributed by atoms with Crippen LogP contribution in [0.15, 0.2) is 0 Å². The number of carbonyl (C=O) groups excluding carboxylic acids is 3. The summed E-state index contributed by atoms with van der Waals surface area (Å²) in [6, 6.07) is -1.03. The molecule has 8 nitrogen and oxygen atoms in total. The number of hydrogen-bond acceptors (Lipinski definition) is 5. The Morgan fingerprint density at radius 3 is 2.43 bits per heavy atom. The van der Waals surface area contributed by atoms with E-state index in [1.807, 2.05) is 0 Å². The Bertz CT molecular complexity index is 475. The van der Waals surface area contributed by atoms with E-state index in [4.69, 9.17) is 10.3 Å². The Hall–Kier alpha value is -1.70. The van der Waals surface area contributed by atoms with Gasteiger partial charge in [-0.1, -0.05) is 6.92 Å². The summed E-state index contributed by atoms with van der Waals surface area (Å²) in [5, 5.41) is 1.75. The first kappa shape index (κ1) is 21.3. The highest BCUT2D eigenvalue weighted by Gasteiger charge is 2.31. The molecule has 1 amide bonds. The van der Waals surface area contributed by atoms with E-state index in [9.17, 15) is 18.9 Å². The summed E-state index contributed by atoms with van der Waals surface area (Å²) in [5.41, 5.74) is 8.29. The van der Waals surface area contributed by atoms with Crippen LogP contribution in [0.1, 0.15) is 40.0 Å². The summed E-state index contributed by atoms with van der Waals surface area (Å²) in [5.74, 6) is -1.68. The molecule has 0 heterocycles. The molecule has 3 atom stereocenters. The number of ether oxygens (including phenoxy) is 1. The zero-order chi connectivity index (χ0) is 18.0. The molecule has 0 aromatic heterocycles. The average molecular weight is 345 g/mol. The van der Waals surface area contributed by atoms with Crippen LogP contribution >= 0.6 is 0 Å². The second kappa shape index (κ2) is 10.9. The van der Waals surface area contributed by atoms with E-state index in [-0.39, 0.29) is 18.9 Å². The minimum atomic E-state index is -1.37. The molecule has 9 heteroatoms. The van der Waals surface area contributed by atoms with Crippen LogP contribution in [0, 0.1) is 0 Å². The van der Waals surface area contributed by atoms with Crippen LogP contribution in [0.4, 0.5) is 0 Å². The normalized spacial score (nSPS) is 14.3. The fourth-order valence-electron chi connectivity index (χ4n) is 1.81. The molecule has 0 aromatic carbocycles. The van der Waals surface area contributed by atoms with E-state index in [2.05, 4.69) is 10.1 Å². The van der Waals surface area contributed by atoms with E-state index in [1.165, 1.54) is 6.26 Å². The van der Waals surface area contributed by atoms with Crippen LogP contribution in [-0.2, 0) is 30.3 Å². The molecule has 0 bridgehead atoms. The van der Waals surface area contributed by atoms with Gasteiger partial charge in [0.1, 0.15) is 6.04 Å². The summed E-state index contributed by atoms with van der Waals surface area (Å²) in [4.78, 5) is 38.1. The van der Waals surface area contributed by atoms with Crippen molar-refractivity contribution >= 4 is 35.1 Å². The number of esters is 1. The Morgan fingerprint density at radius 2 is 2.00 bits per heavy atom. The fourth-order valence-corrected chi connectivity index (χ4v) is 2.65. The minimum Gasteiger partial charge on any atom is -0.616 e. The predicted octanol–water partition coefficient (Wildman–Crippen LogP) is 0.230. The third-order valence-electron chi connectivity index (χ3n) is 2.90. The number of nitrogens with one attached hydrogen (secondary N) is 1. The van der Waals surface area contributed by atoms with Gasteiger partial charge in [-0.25, -0.2) is 4.79 Å². The van der Waals surface area contributed by atoms with Crippen molar-refractivity contribution in [3.63, 3.8) is 0 Å². The molecule has 0 aliphatic carbocycles. The molecular formula is C14H23N3O5S. The lowest BCUT2D eigenvalue weighted by atomic mass is 10.1. The first-order valence-corrected chi connectivity index (χ1v) is 8.88. The predicted molar refractivity (Wildman–Crippen MR) is 85.2 cm³/mol. The van der Waals surface area contributed by atoms with Gasteiger partial charge in [0.05, 0.1) is 12.4 Å². The lowest BCUT2D eigenvalue weighted by Gasteiger charge is -2.22. The molecule has 130 valence electrons. The highest BCUT2D eigenvalue weighted by Crippen LogP contribution is 2.08. The van der Waals surface area contributed by atoms with Gasteiger partial charge in [0.2, 0.25) is 5.78 Å². The van der Waals surface area contributed by atoms with Gasteiger partial charge in [-0.3, -0.25) is 9.59 Å². The number of nitrogens with zero attached hydrogens (tertiary/aromatic N) is 2. The van der Waals surface area contributed by atoms with E-state index >= 15 is 0 Å². The minimum absolute atomic E-state index is 0.00503. The average Bonchev–Trinajstić information content (AvgIpc) is 2.43. The van der Waals surface area contributed by atoms with Crippen molar-refractivity contribution in [2.24, 2.45) is 0 Å². The monoisotopic (exact) mass is 345 g/mol. The molecular weight excluding hydrogens is 322 g/mol. The van der Waals surface area contributed by atoms with Crippen molar-refractivity contribution in [2.75, 3.05) is 6.26 Å². The van der Waals surface area contributed by atoms with Crippen LogP contribution in [0.3, 0.4) is 0 Å². The van der Waals surface area contributed by atoms with Gasteiger partial charge in [-0.2, -0.15) is 4.79 Å². The van der Waals surface area contributed by atoms with Gasteiger partial charge in [0, 0.05) is 12.8 Å². The third-order valence-corrected chi connectivity index (χ3v) is 4.25. The standard InChI is InChI=1S/C14H23N3O5S/c1-5-12(23(4)21)13(19)17-11(14(20)22-9(2)3)7-6-10(18)8-16-15/h8-9,11-12H,5-7H2,1-4H3,(H,17,19)/t11-,12-,23?/m0/s1. The molecule has 0 aromatic rings. The topological polar surface area (TPSA) is 132 Å². The zero-order valence-electron chi connectivity index (χ0n) is 13.8. The van der Waals surface area contributed by atoms with Gasteiger partial charge in [-0.15, -0.1) is 0 Å². The lowest BCUT2D eigenvalue weighted by Crippen LogP contribution is -2.48. The third kappa shape index (κ3) is 8.49. The Morgan fingerprint density at radius 1 is 1.39 bits per heavy atom. The molecule has 0 spiro atoms.